The summed E-state index contributed by atoms with van der Waals surface area (Å²) in [6, 6.07) is 9.90. The highest BCUT2D eigenvalue weighted by Gasteiger charge is 2.17. The maximum absolute atomic E-state index is 12.9. The van der Waals surface area contributed by atoms with Crippen LogP contribution in [0.2, 0.25) is 0 Å². The van der Waals surface area contributed by atoms with Crippen molar-refractivity contribution in [2.45, 2.75) is 20.4 Å². The van der Waals surface area contributed by atoms with Gasteiger partial charge in [-0.2, -0.15) is 0 Å². The third-order valence-electron chi connectivity index (χ3n) is 5.27. The molecule has 8 nitrogen and oxygen atoms in total. The number of ether oxygens (including phenoxy) is 2. The fourth-order valence-corrected chi connectivity index (χ4v) is 3.75. The number of H-pyrrole nitrogens is 1. The number of benzene rings is 2. The third-order valence-corrected chi connectivity index (χ3v) is 5.27. The van der Waals surface area contributed by atoms with Gasteiger partial charge in [-0.15, -0.1) is 0 Å². The van der Waals surface area contributed by atoms with E-state index in [0.29, 0.717) is 40.5 Å². The van der Waals surface area contributed by atoms with Crippen molar-refractivity contribution >= 4 is 16.9 Å². The van der Waals surface area contributed by atoms with E-state index in [9.17, 15) is 4.79 Å². The molecule has 4 aromatic rings. The molecule has 0 aliphatic rings. The largest absolute Gasteiger partial charge is 0.493 e. The molecular formula is C23H25N5O3. The second-order valence-electron chi connectivity index (χ2n) is 7.47. The monoisotopic (exact) mass is 419 g/mol. The van der Waals surface area contributed by atoms with Crippen molar-refractivity contribution in [2.24, 2.45) is 0 Å². The molecule has 0 aliphatic carbocycles. The maximum Gasteiger partial charge on any atom is 0.260 e. The van der Waals surface area contributed by atoms with Crippen molar-refractivity contribution in [3.8, 4) is 17.2 Å². The molecule has 4 rings (SSSR count). The number of nitrogens with one attached hydrogen (secondary N) is 1. The van der Waals surface area contributed by atoms with Crippen LogP contribution in [0.1, 0.15) is 16.8 Å². The Balaban J connectivity index is 1.68. The maximum atomic E-state index is 12.9. The summed E-state index contributed by atoms with van der Waals surface area (Å²) < 4.78 is 12.8. The second-order valence-corrected chi connectivity index (χ2v) is 7.47. The highest BCUT2D eigenvalue weighted by atomic mass is 16.5. The van der Waals surface area contributed by atoms with Crippen LogP contribution in [-0.4, -0.2) is 40.8 Å². The normalized spacial score (nSPS) is 11.0. The molecule has 0 fully saturated rings. The van der Waals surface area contributed by atoms with Crippen molar-refractivity contribution in [2.75, 3.05) is 26.2 Å². The third kappa shape index (κ3) is 3.84. The Labute approximate surface area is 180 Å². The number of fused-ring (bicyclic) bond motifs is 1. The summed E-state index contributed by atoms with van der Waals surface area (Å²) >= 11 is 0. The number of hydrogen-bond donors (Lipinski definition) is 1. The van der Waals surface area contributed by atoms with Crippen LogP contribution in [0.5, 0.6) is 11.5 Å². The average molecular weight is 419 g/mol. The molecule has 0 saturated carbocycles. The summed E-state index contributed by atoms with van der Waals surface area (Å²) in [7, 11) is 5.02. The summed E-state index contributed by atoms with van der Waals surface area (Å²) in [5.41, 5.74) is 4.11. The van der Waals surface area contributed by atoms with Crippen LogP contribution in [0.15, 0.2) is 47.7 Å². The zero-order valence-corrected chi connectivity index (χ0v) is 18.3. The lowest BCUT2D eigenvalue weighted by atomic mass is 10.1. The minimum absolute atomic E-state index is 0.215. The Morgan fingerprint density at radius 3 is 2.65 bits per heavy atom. The molecule has 2 aromatic carbocycles. The van der Waals surface area contributed by atoms with Crippen molar-refractivity contribution in [1.82, 2.24) is 19.5 Å². The zero-order chi connectivity index (χ0) is 22.1. The predicted molar refractivity (Wildman–Crippen MR) is 121 cm³/mol. The summed E-state index contributed by atoms with van der Waals surface area (Å²) in [6.07, 6.45) is 3.78. The smallest absolute Gasteiger partial charge is 0.260 e. The first-order chi connectivity index (χ1) is 14.9. The minimum Gasteiger partial charge on any atom is -0.493 e. The summed E-state index contributed by atoms with van der Waals surface area (Å²) in [4.78, 5) is 26.6. The van der Waals surface area contributed by atoms with E-state index in [1.165, 1.54) is 0 Å². The van der Waals surface area contributed by atoms with Gasteiger partial charge in [0.25, 0.3) is 5.56 Å². The van der Waals surface area contributed by atoms with E-state index in [4.69, 9.17) is 9.47 Å². The van der Waals surface area contributed by atoms with Crippen LogP contribution >= 0.6 is 0 Å². The Kier molecular flexibility index (Phi) is 5.37. The lowest BCUT2D eigenvalue weighted by Gasteiger charge is -2.19. The number of anilines is 1. The number of hydrogen-bond acceptors (Lipinski definition) is 6. The van der Waals surface area contributed by atoms with Gasteiger partial charge in [-0.3, -0.25) is 9.78 Å². The molecule has 2 aromatic heterocycles. The van der Waals surface area contributed by atoms with Crippen molar-refractivity contribution in [3.63, 3.8) is 0 Å². The molecule has 0 bridgehead atoms. The molecule has 0 saturated heterocycles. The molecular weight excluding hydrogens is 394 g/mol. The van der Waals surface area contributed by atoms with Gasteiger partial charge in [0, 0.05) is 37.1 Å². The van der Waals surface area contributed by atoms with Crippen molar-refractivity contribution < 1.29 is 9.47 Å². The van der Waals surface area contributed by atoms with E-state index in [2.05, 4.69) is 21.0 Å². The molecule has 1 N–H and O–H groups in total. The fraction of sp³-hybridized carbons (Fsp3) is 0.261. The molecule has 31 heavy (non-hydrogen) atoms. The number of rotatable bonds is 6. The molecule has 0 atom stereocenters. The van der Waals surface area contributed by atoms with E-state index in [-0.39, 0.29) is 5.56 Å². The Morgan fingerprint density at radius 2 is 1.97 bits per heavy atom. The highest BCUT2D eigenvalue weighted by molar-refractivity contribution is 5.86. The standard InChI is InChI=1S/C23H25N5O3/c1-14-11-28(13-24-14)17-8-6-7-16(9-17)12-27(3)23-25-18-10-19(30-4)21(31-5)15(2)20(18)22(29)26-23/h6-11,13H,12H2,1-5H3,(H,25,26,29). The van der Waals surface area contributed by atoms with Gasteiger partial charge in [0.15, 0.2) is 11.5 Å². The summed E-state index contributed by atoms with van der Waals surface area (Å²) in [5.74, 6) is 1.56. The number of imidazole rings is 1. The molecule has 0 spiro atoms. The van der Waals surface area contributed by atoms with Gasteiger partial charge in [-0.25, -0.2) is 9.97 Å². The van der Waals surface area contributed by atoms with Gasteiger partial charge in [-0.05, 0) is 31.5 Å². The highest BCUT2D eigenvalue weighted by Crippen LogP contribution is 2.35. The number of methoxy groups -OCH3 is 2. The van der Waals surface area contributed by atoms with Gasteiger partial charge < -0.3 is 18.9 Å². The quantitative estimate of drug-likeness (QED) is 0.516. The van der Waals surface area contributed by atoms with Crippen molar-refractivity contribution in [1.29, 1.82) is 0 Å². The number of nitrogens with zero attached hydrogens (tertiary/aromatic N) is 4. The predicted octanol–water partition coefficient (Wildman–Crippen LogP) is 3.38. The molecule has 160 valence electrons. The van der Waals surface area contributed by atoms with Crippen LogP contribution in [0.25, 0.3) is 16.6 Å². The van der Waals surface area contributed by atoms with Gasteiger partial charge in [-0.1, -0.05) is 12.1 Å². The lowest BCUT2D eigenvalue weighted by molar-refractivity contribution is 0.354. The van der Waals surface area contributed by atoms with Gasteiger partial charge >= 0.3 is 0 Å². The zero-order valence-electron chi connectivity index (χ0n) is 18.3. The number of aryl methyl sites for hydroxylation is 2. The number of aromatic amines is 1. The van der Waals surface area contributed by atoms with E-state index in [0.717, 1.165) is 16.9 Å². The molecule has 0 radical (unpaired) electrons. The van der Waals surface area contributed by atoms with E-state index < -0.39 is 0 Å². The lowest BCUT2D eigenvalue weighted by Crippen LogP contribution is -2.23. The van der Waals surface area contributed by atoms with Crippen LogP contribution in [-0.2, 0) is 6.54 Å². The Morgan fingerprint density at radius 1 is 1.16 bits per heavy atom. The van der Waals surface area contributed by atoms with Gasteiger partial charge in [0.05, 0.1) is 37.1 Å². The van der Waals surface area contributed by atoms with Gasteiger partial charge in [0.1, 0.15) is 0 Å². The molecule has 2 heterocycles. The van der Waals surface area contributed by atoms with Crippen LogP contribution in [0, 0.1) is 13.8 Å². The molecule has 0 aliphatic heterocycles. The molecule has 8 heteroatoms. The Hall–Kier alpha value is -3.81. The topological polar surface area (TPSA) is 85.3 Å². The molecule has 0 unspecified atom stereocenters. The fourth-order valence-electron chi connectivity index (χ4n) is 3.75. The van der Waals surface area contributed by atoms with Crippen LogP contribution in [0.3, 0.4) is 0 Å². The van der Waals surface area contributed by atoms with Gasteiger partial charge in [0.2, 0.25) is 5.95 Å². The second kappa shape index (κ2) is 8.14. The van der Waals surface area contributed by atoms with Crippen molar-refractivity contribution in [3.05, 3.63) is 70.0 Å². The van der Waals surface area contributed by atoms with E-state index in [1.54, 1.807) is 26.6 Å². The number of aromatic nitrogens is 4. The van der Waals surface area contributed by atoms with Crippen LogP contribution < -0.4 is 19.9 Å². The summed E-state index contributed by atoms with van der Waals surface area (Å²) in [6.45, 7) is 4.36. The first-order valence-electron chi connectivity index (χ1n) is 9.88. The minimum atomic E-state index is -0.215. The van der Waals surface area contributed by atoms with Crippen LogP contribution in [0.4, 0.5) is 5.95 Å². The molecule has 0 amide bonds. The average Bonchev–Trinajstić information content (AvgIpc) is 3.19. The first kappa shape index (κ1) is 20.5. The first-order valence-corrected chi connectivity index (χ1v) is 9.88. The van der Waals surface area contributed by atoms with E-state index >= 15 is 0 Å². The SMILES string of the molecule is COc1cc2nc(N(C)Cc3cccc(-n4cnc(C)c4)c3)[nH]c(=O)c2c(C)c1OC. The van der Waals surface area contributed by atoms with E-state index in [1.807, 2.05) is 54.8 Å². The Bertz CT molecular complexity index is 1310. The summed E-state index contributed by atoms with van der Waals surface area (Å²) in [5, 5.41) is 0.493.